The van der Waals surface area contributed by atoms with Crippen molar-refractivity contribution in [1.29, 1.82) is 0 Å². The number of hydrogen-bond acceptors (Lipinski definition) is 3. The van der Waals surface area contributed by atoms with Crippen molar-refractivity contribution in [2.45, 2.75) is 65.3 Å². The molecule has 2 heterocycles. The molecule has 0 spiro atoms. The quantitative estimate of drug-likeness (QED) is 0.619. The van der Waals surface area contributed by atoms with Gasteiger partial charge in [0, 0.05) is 24.7 Å². The Bertz CT molecular complexity index is 684. The fourth-order valence-electron chi connectivity index (χ4n) is 3.50. The number of hydrogen-bond donors (Lipinski definition) is 1. The van der Waals surface area contributed by atoms with Gasteiger partial charge >= 0.3 is 6.09 Å². The maximum atomic E-state index is 11.7. The highest BCUT2D eigenvalue weighted by atomic mass is 16.5. The smallest absolute Gasteiger partial charge is 0.407 e. The molecule has 1 N–H and O–H groups in total. The molecular weight excluding hydrogens is 328 g/mol. The number of likely N-dealkylation sites (tertiary alicyclic amines) is 1. The Morgan fingerprint density at radius 1 is 1.42 bits per heavy atom. The van der Waals surface area contributed by atoms with Crippen LogP contribution in [0.3, 0.4) is 0 Å². The fraction of sp³-hybridized carbons (Fsp3) is 0.619. The molecular formula is C21H30N2O3. The molecule has 0 aliphatic carbocycles. The molecule has 5 heteroatoms. The van der Waals surface area contributed by atoms with Crippen LogP contribution in [-0.4, -0.2) is 39.8 Å². The molecule has 26 heavy (non-hydrogen) atoms. The summed E-state index contributed by atoms with van der Waals surface area (Å²) in [4.78, 5) is 17.5. The highest BCUT2D eigenvalue weighted by Gasteiger charge is 2.52. The van der Waals surface area contributed by atoms with Crippen molar-refractivity contribution in [3.05, 3.63) is 24.0 Å². The summed E-state index contributed by atoms with van der Waals surface area (Å²) in [6, 6.07) is 1.88. The monoisotopic (exact) mass is 358 g/mol. The predicted molar refractivity (Wildman–Crippen MR) is 102 cm³/mol. The molecule has 1 aliphatic rings. The van der Waals surface area contributed by atoms with E-state index in [0.717, 1.165) is 37.7 Å². The van der Waals surface area contributed by atoms with Crippen LogP contribution in [0.5, 0.6) is 5.75 Å². The second-order valence-electron chi connectivity index (χ2n) is 7.92. The van der Waals surface area contributed by atoms with E-state index in [1.165, 1.54) is 0 Å². The standard InChI is InChI=1S/C21H30N2O3/c1-5-6-7-8-10-17-13-18(15-22-14-17)26-16-21(20(2,3)4)11-9-12-23(21)19(24)25/h13-15H,5-7,9,11-12,16H2,1-4H3,(H,24,25)/t21-/m0/s1. The number of pyridine rings is 1. The van der Waals surface area contributed by atoms with Crippen LogP contribution in [0.25, 0.3) is 0 Å². The van der Waals surface area contributed by atoms with Gasteiger partial charge < -0.3 is 9.84 Å². The van der Waals surface area contributed by atoms with Crippen LogP contribution in [0.4, 0.5) is 4.79 Å². The first kappa shape index (κ1) is 20.1. The van der Waals surface area contributed by atoms with Crippen LogP contribution in [0.15, 0.2) is 18.5 Å². The summed E-state index contributed by atoms with van der Waals surface area (Å²) in [5.74, 6) is 6.90. The third kappa shape index (κ3) is 4.49. The second-order valence-corrected chi connectivity index (χ2v) is 7.92. The van der Waals surface area contributed by atoms with Gasteiger partial charge in [-0.3, -0.25) is 9.88 Å². The van der Waals surface area contributed by atoms with Crippen LogP contribution in [-0.2, 0) is 0 Å². The van der Waals surface area contributed by atoms with E-state index in [-0.39, 0.29) is 5.41 Å². The highest BCUT2D eigenvalue weighted by molar-refractivity contribution is 5.67. The summed E-state index contributed by atoms with van der Waals surface area (Å²) in [6.45, 7) is 9.24. The number of rotatable bonds is 5. The van der Waals surface area contributed by atoms with Crippen molar-refractivity contribution in [1.82, 2.24) is 9.88 Å². The molecule has 1 amide bonds. The van der Waals surface area contributed by atoms with Gasteiger partial charge in [0.1, 0.15) is 12.4 Å². The molecule has 0 aromatic carbocycles. The summed E-state index contributed by atoms with van der Waals surface area (Å²) >= 11 is 0. The zero-order valence-electron chi connectivity index (χ0n) is 16.3. The normalized spacial score (nSPS) is 19.8. The molecule has 0 unspecified atom stereocenters. The number of unbranched alkanes of at least 4 members (excludes halogenated alkanes) is 2. The minimum absolute atomic E-state index is 0.229. The van der Waals surface area contributed by atoms with Crippen molar-refractivity contribution in [2.75, 3.05) is 13.2 Å². The Morgan fingerprint density at radius 2 is 2.19 bits per heavy atom. The van der Waals surface area contributed by atoms with E-state index in [1.807, 2.05) is 6.07 Å². The average molecular weight is 358 g/mol. The molecule has 5 nitrogen and oxygen atoms in total. The van der Waals surface area contributed by atoms with Crippen LogP contribution in [0.1, 0.15) is 65.4 Å². The Morgan fingerprint density at radius 3 is 2.85 bits per heavy atom. The lowest BCUT2D eigenvalue weighted by Gasteiger charge is -2.46. The number of aromatic nitrogens is 1. The predicted octanol–water partition coefficient (Wildman–Crippen LogP) is 4.56. The molecule has 0 bridgehead atoms. The average Bonchev–Trinajstić information content (AvgIpc) is 3.03. The molecule has 0 radical (unpaired) electrons. The summed E-state index contributed by atoms with van der Waals surface area (Å²) in [5.41, 5.74) is 0.0547. The number of nitrogens with zero attached hydrogens (tertiary/aromatic N) is 2. The van der Waals surface area contributed by atoms with Crippen molar-refractivity contribution in [3.63, 3.8) is 0 Å². The zero-order chi connectivity index (χ0) is 19.2. The molecule has 142 valence electrons. The summed E-state index contributed by atoms with van der Waals surface area (Å²) < 4.78 is 6.03. The topological polar surface area (TPSA) is 62.7 Å². The molecule has 2 rings (SSSR count). The van der Waals surface area contributed by atoms with E-state index in [9.17, 15) is 9.90 Å². The van der Waals surface area contributed by atoms with E-state index in [2.05, 4.69) is 44.5 Å². The third-order valence-electron chi connectivity index (χ3n) is 5.19. The number of carbonyl (C=O) groups is 1. The third-order valence-corrected chi connectivity index (χ3v) is 5.19. The maximum absolute atomic E-state index is 11.7. The number of amides is 1. The van der Waals surface area contributed by atoms with Crippen molar-refractivity contribution in [2.24, 2.45) is 5.41 Å². The first-order valence-electron chi connectivity index (χ1n) is 9.37. The zero-order valence-corrected chi connectivity index (χ0v) is 16.3. The summed E-state index contributed by atoms with van der Waals surface area (Å²) in [5, 5.41) is 9.63. The van der Waals surface area contributed by atoms with Gasteiger partial charge in [-0.05, 0) is 30.7 Å². The second kappa shape index (κ2) is 8.44. The largest absolute Gasteiger partial charge is 0.489 e. The SMILES string of the molecule is CCCCC#Cc1cncc(OC[C@]2(C(C)(C)C)CCCN2C(=O)O)c1. The molecule has 1 aromatic heterocycles. The Labute approximate surface area is 156 Å². The van der Waals surface area contributed by atoms with Crippen LogP contribution in [0.2, 0.25) is 0 Å². The van der Waals surface area contributed by atoms with E-state index in [1.54, 1.807) is 17.3 Å². The summed E-state index contributed by atoms with van der Waals surface area (Å²) in [6.07, 6.45) is 7.26. The van der Waals surface area contributed by atoms with Crippen molar-refractivity contribution >= 4 is 6.09 Å². The lowest BCUT2D eigenvalue weighted by molar-refractivity contribution is -0.00376. The highest BCUT2D eigenvalue weighted by Crippen LogP contribution is 2.44. The van der Waals surface area contributed by atoms with E-state index < -0.39 is 11.6 Å². The van der Waals surface area contributed by atoms with Crippen molar-refractivity contribution < 1.29 is 14.6 Å². The van der Waals surface area contributed by atoms with Gasteiger partial charge in [0.25, 0.3) is 0 Å². The minimum atomic E-state index is -0.880. The van der Waals surface area contributed by atoms with E-state index >= 15 is 0 Å². The van der Waals surface area contributed by atoms with E-state index in [4.69, 9.17) is 4.74 Å². The number of ether oxygens (including phenoxy) is 1. The Kier molecular flexibility index (Phi) is 6.52. The maximum Gasteiger partial charge on any atom is 0.407 e. The van der Waals surface area contributed by atoms with Crippen molar-refractivity contribution in [3.8, 4) is 17.6 Å². The molecule has 1 saturated heterocycles. The van der Waals surface area contributed by atoms with E-state index in [0.29, 0.717) is 18.9 Å². The first-order chi connectivity index (χ1) is 12.3. The van der Waals surface area contributed by atoms with Gasteiger partial charge in [0.2, 0.25) is 0 Å². The van der Waals surface area contributed by atoms with Gasteiger partial charge in [0.15, 0.2) is 0 Å². The first-order valence-corrected chi connectivity index (χ1v) is 9.37. The van der Waals surface area contributed by atoms with Crippen LogP contribution in [0, 0.1) is 17.3 Å². The molecule has 1 aromatic rings. The summed E-state index contributed by atoms with van der Waals surface area (Å²) in [7, 11) is 0. The Balaban J connectivity index is 2.14. The van der Waals surface area contributed by atoms with Gasteiger partial charge in [-0.15, -0.1) is 0 Å². The van der Waals surface area contributed by atoms with Gasteiger partial charge in [-0.1, -0.05) is 46.0 Å². The van der Waals surface area contributed by atoms with Gasteiger partial charge in [0.05, 0.1) is 11.7 Å². The molecule has 1 aliphatic heterocycles. The lowest BCUT2D eigenvalue weighted by Crippen LogP contribution is -2.58. The fourth-order valence-corrected chi connectivity index (χ4v) is 3.50. The lowest BCUT2D eigenvalue weighted by atomic mass is 9.72. The van der Waals surface area contributed by atoms with Crippen LogP contribution < -0.4 is 4.74 Å². The van der Waals surface area contributed by atoms with Gasteiger partial charge in [-0.2, -0.15) is 0 Å². The molecule has 0 saturated carbocycles. The molecule has 1 fully saturated rings. The van der Waals surface area contributed by atoms with Crippen LogP contribution >= 0.6 is 0 Å². The van der Waals surface area contributed by atoms with Gasteiger partial charge in [-0.25, -0.2) is 4.79 Å². The number of carboxylic acid groups (broad SMARTS) is 1. The Hall–Kier alpha value is -2.22. The molecule has 1 atom stereocenters. The minimum Gasteiger partial charge on any atom is -0.489 e.